The van der Waals surface area contributed by atoms with E-state index >= 15 is 0 Å². The standard InChI is InChI=1S/C21H21F2N3O4/c1-29-19-9-16(7-8-18(19)27)11-26(17-10-24-25(12-17)13-20(22)23)21(28)30-14-15-5-3-2-4-6-15/h2-10,12,20,27H,11,13-14H2,1H3. The topological polar surface area (TPSA) is 76.8 Å². The monoisotopic (exact) mass is 417 g/mol. The third kappa shape index (κ3) is 5.47. The Bertz CT molecular complexity index is 979. The Balaban J connectivity index is 1.82. The van der Waals surface area contributed by atoms with E-state index in [2.05, 4.69) is 5.10 Å². The van der Waals surface area contributed by atoms with Crippen LogP contribution in [-0.2, 0) is 24.4 Å². The average Bonchev–Trinajstić information content (AvgIpc) is 3.19. The van der Waals surface area contributed by atoms with Gasteiger partial charge in [-0.3, -0.25) is 9.58 Å². The molecule has 9 heteroatoms. The van der Waals surface area contributed by atoms with E-state index in [0.717, 1.165) is 10.2 Å². The van der Waals surface area contributed by atoms with Gasteiger partial charge < -0.3 is 14.6 Å². The first-order chi connectivity index (χ1) is 14.5. The van der Waals surface area contributed by atoms with E-state index in [-0.39, 0.29) is 24.7 Å². The maximum atomic E-state index is 12.8. The number of amides is 1. The summed E-state index contributed by atoms with van der Waals surface area (Å²) in [4.78, 5) is 14.1. The van der Waals surface area contributed by atoms with Crippen molar-refractivity contribution in [3.8, 4) is 11.5 Å². The summed E-state index contributed by atoms with van der Waals surface area (Å²) in [7, 11) is 1.42. The van der Waals surface area contributed by atoms with E-state index in [1.165, 1.54) is 30.5 Å². The van der Waals surface area contributed by atoms with Crippen LogP contribution in [0.15, 0.2) is 60.9 Å². The normalized spacial score (nSPS) is 10.8. The Morgan fingerprint density at radius 2 is 1.97 bits per heavy atom. The molecule has 1 amide bonds. The van der Waals surface area contributed by atoms with Crippen LogP contribution in [-0.4, -0.2) is 34.5 Å². The number of phenols is 1. The third-order valence-corrected chi connectivity index (χ3v) is 4.27. The van der Waals surface area contributed by atoms with Crippen molar-refractivity contribution in [2.45, 2.75) is 26.1 Å². The van der Waals surface area contributed by atoms with Gasteiger partial charge in [-0.05, 0) is 23.3 Å². The minimum absolute atomic E-state index is 0.0378. The minimum Gasteiger partial charge on any atom is -0.504 e. The SMILES string of the molecule is COc1cc(CN(C(=O)OCc2ccccc2)c2cnn(CC(F)F)c2)ccc1O. The fourth-order valence-corrected chi connectivity index (χ4v) is 2.79. The van der Waals surface area contributed by atoms with Gasteiger partial charge in [0.15, 0.2) is 11.5 Å². The molecule has 0 aliphatic heterocycles. The largest absolute Gasteiger partial charge is 0.504 e. The highest BCUT2D eigenvalue weighted by molar-refractivity contribution is 5.87. The Labute approximate surface area is 172 Å². The van der Waals surface area contributed by atoms with E-state index in [9.17, 15) is 18.7 Å². The van der Waals surface area contributed by atoms with E-state index in [1.807, 2.05) is 30.3 Å². The highest BCUT2D eigenvalue weighted by Gasteiger charge is 2.21. The van der Waals surface area contributed by atoms with Gasteiger partial charge in [-0.2, -0.15) is 5.10 Å². The lowest BCUT2D eigenvalue weighted by molar-refractivity contribution is 0.122. The smallest absolute Gasteiger partial charge is 0.415 e. The zero-order chi connectivity index (χ0) is 21.5. The number of nitrogens with zero attached hydrogens (tertiary/aromatic N) is 3. The van der Waals surface area contributed by atoms with Gasteiger partial charge in [0.2, 0.25) is 0 Å². The van der Waals surface area contributed by atoms with Gasteiger partial charge in [-0.1, -0.05) is 36.4 Å². The molecule has 1 aromatic heterocycles. The lowest BCUT2D eigenvalue weighted by atomic mass is 10.2. The molecule has 1 heterocycles. The van der Waals surface area contributed by atoms with Gasteiger partial charge in [-0.25, -0.2) is 13.6 Å². The third-order valence-electron chi connectivity index (χ3n) is 4.27. The number of carbonyl (C=O) groups is 1. The van der Waals surface area contributed by atoms with Gasteiger partial charge in [-0.15, -0.1) is 0 Å². The van der Waals surface area contributed by atoms with Crippen LogP contribution in [0.4, 0.5) is 19.3 Å². The van der Waals surface area contributed by atoms with Crippen molar-refractivity contribution in [3.63, 3.8) is 0 Å². The Hall–Kier alpha value is -3.62. The number of aromatic hydroxyl groups is 1. The molecule has 2 aromatic carbocycles. The fourth-order valence-electron chi connectivity index (χ4n) is 2.79. The fraction of sp³-hybridized carbons (Fsp3) is 0.238. The second kappa shape index (κ2) is 9.73. The summed E-state index contributed by atoms with van der Waals surface area (Å²) >= 11 is 0. The molecule has 0 spiro atoms. The van der Waals surface area contributed by atoms with E-state index < -0.39 is 19.1 Å². The molecule has 0 saturated carbocycles. The number of carbonyl (C=O) groups excluding carboxylic acids is 1. The number of ether oxygens (including phenoxy) is 2. The number of benzene rings is 2. The molecule has 0 aliphatic rings. The highest BCUT2D eigenvalue weighted by atomic mass is 19.3. The number of hydrogen-bond donors (Lipinski definition) is 1. The van der Waals surface area contributed by atoms with Crippen molar-refractivity contribution < 1.29 is 28.2 Å². The maximum absolute atomic E-state index is 12.8. The van der Waals surface area contributed by atoms with Crippen molar-refractivity contribution >= 4 is 11.8 Å². The van der Waals surface area contributed by atoms with Crippen molar-refractivity contribution in [1.29, 1.82) is 0 Å². The number of hydrogen-bond acceptors (Lipinski definition) is 5. The average molecular weight is 417 g/mol. The molecule has 0 aliphatic carbocycles. The van der Waals surface area contributed by atoms with Crippen LogP contribution in [0.25, 0.3) is 0 Å². The number of anilines is 1. The van der Waals surface area contributed by atoms with Gasteiger partial charge in [0, 0.05) is 6.20 Å². The molecule has 7 nitrogen and oxygen atoms in total. The van der Waals surface area contributed by atoms with Crippen molar-refractivity contribution in [1.82, 2.24) is 9.78 Å². The molecule has 3 aromatic rings. The van der Waals surface area contributed by atoms with Crippen LogP contribution >= 0.6 is 0 Å². The molecule has 0 saturated heterocycles. The lowest BCUT2D eigenvalue weighted by Gasteiger charge is -2.21. The number of alkyl halides is 2. The van der Waals surface area contributed by atoms with Crippen molar-refractivity contribution in [3.05, 3.63) is 72.1 Å². The lowest BCUT2D eigenvalue weighted by Crippen LogP contribution is -2.30. The number of rotatable bonds is 8. The highest BCUT2D eigenvalue weighted by Crippen LogP contribution is 2.28. The number of halogens is 2. The molecule has 30 heavy (non-hydrogen) atoms. The Morgan fingerprint density at radius 3 is 2.67 bits per heavy atom. The maximum Gasteiger partial charge on any atom is 0.415 e. The Morgan fingerprint density at radius 1 is 1.20 bits per heavy atom. The summed E-state index contributed by atoms with van der Waals surface area (Å²) < 4.78 is 36.9. The molecule has 0 unspecified atom stereocenters. The van der Waals surface area contributed by atoms with Crippen LogP contribution < -0.4 is 9.64 Å². The van der Waals surface area contributed by atoms with Gasteiger partial charge in [0.1, 0.15) is 13.2 Å². The quantitative estimate of drug-likeness (QED) is 0.594. The van der Waals surface area contributed by atoms with Crippen molar-refractivity contribution in [2.24, 2.45) is 0 Å². The summed E-state index contributed by atoms with van der Waals surface area (Å²) in [5.74, 6) is 0.211. The molecule has 158 valence electrons. The van der Waals surface area contributed by atoms with Crippen LogP contribution in [0.5, 0.6) is 11.5 Å². The molecular weight excluding hydrogens is 396 g/mol. The van der Waals surface area contributed by atoms with Crippen LogP contribution in [0.2, 0.25) is 0 Å². The zero-order valence-corrected chi connectivity index (χ0v) is 16.2. The molecule has 3 rings (SSSR count). The summed E-state index contributed by atoms with van der Waals surface area (Å²) in [6.45, 7) is -0.467. The molecule has 0 fully saturated rings. The molecule has 0 atom stereocenters. The van der Waals surface area contributed by atoms with Gasteiger partial charge in [0.05, 0.1) is 25.5 Å². The summed E-state index contributed by atoms with van der Waals surface area (Å²) in [5, 5.41) is 13.7. The van der Waals surface area contributed by atoms with Gasteiger partial charge >= 0.3 is 6.09 Å². The number of phenolic OH excluding ortho intramolecular Hbond substituents is 1. The van der Waals surface area contributed by atoms with Crippen LogP contribution in [0.1, 0.15) is 11.1 Å². The van der Waals surface area contributed by atoms with E-state index in [4.69, 9.17) is 9.47 Å². The first kappa shape index (κ1) is 21.1. The first-order valence-corrected chi connectivity index (χ1v) is 9.11. The predicted molar refractivity (Wildman–Crippen MR) is 106 cm³/mol. The molecule has 0 bridgehead atoms. The number of aromatic nitrogens is 2. The van der Waals surface area contributed by atoms with E-state index in [1.54, 1.807) is 12.1 Å². The summed E-state index contributed by atoms with van der Waals surface area (Å²) in [6, 6.07) is 13.8. The predicted octanol–water partition coefficient (Wildman–Crippen LogP) is 4.21. The molecule has 1 N–H and O–H groups in total. The Kier molecular flexibility index (Phi) is 6.84. The first-order valence-electron chi connectivity index (χ1n) is 9.11. The van der Waals surface area contributed by atoms with Crippen LogP contribution in [0, 0.1) is 0 Å². The second-order valence-corrected chi connectivity index (χ2v) is 6.44. The molecular formula is C21H21F2N3O4. The zero-order valence-electron chi connectivity index (χ0n) is 16.2. The second-order valence-electron chi connectivity index (χ2n) is 6.44. The van der Waals surface area contributed by atoms with Crippen LogP contribution in [0.3, 0.4) is 0 Å². The number of methoxy groups -OCH3 is 1. The van der Waals surface area contributed by atoms with E-state index in [0.29, 0.717) is 11.3 Å². The summed E-state index contributed by atoms with van der Waals surface area (Å²) in [5.41, 5.74) is 1.76. The van der Waals surface area contributed by atoms with Crippen molar-refractivity contribution in [2.75, 3.05) is 12.0 Å². The minimum atomic E-state index is -2.57. The summed E-state index contributed by atoms with van der Waals surface area (Å²) in [6.07, 6.45) is -0.558. The molecule has 0 radical (unpaired) electrons. The van der Waals surface area contributed by atoms with Gasteiger partial charge in [0.25, 0.3) is 6.43 Å².